The van der Waals surface area contributed by atoms with Crippen LogP contribution in [0.15, 0.2) is 12.5 Å². The second-order valence-corrected chi connectivity index (χ2v) is 3.67. The number of aryl methyl sites for hydroxylation is 1. The van der Waals surface area contributed by atoms with Crippen LogP contribution in [-0.2, 0) is 17.9 Å². The van der Waals surface area contributed by atoms with Gasteiger partial charge in [0.1, 0.15) is 0 Å². The van der Waals surface area contributed by atoms with Crippen LogP contribution in [0.1, 0.15) is 19.0 Å². The highest BCUT2D eigenvalue weighted by molar-refractivity contribution is 4.96. The minimum absolute atomic E-state index is 0.403. The number of rotatable bonds is 5. The summed E-state index contributed by atoms with van der Waals surface area (Å²) < 4.78 is 7.84. The summed E-state index contributed by atoms with van der Waals surface area (Å²) in [5.74, 6) is 0. The van der Waals surface area contributed by atoms with Gasteiger partial charge in [-0.25, -0.2) is 4.98 Å². The first-order valence-electron chi connectivity index (χ1n) is 5.21. The number of nitrogens with zero attached hydrogens (tertiary/aromatic N) is 2. The van der Waals surface area contributed by atoms with E-state index >= 15 is 0 Å². The van der Waals surface area contributed by atoms with Gasteiger partial charge in [0.15, 0.2) is 0 Å². The maximum atomic E-state index is 5.69. The molecule has 2 rings (SSSR count). The van der Waals surface area contributed by atoms with E-state index in [0.29, 0.717) is 12.7 Å². The zero-order valence-corrected chi connectivity index (χ0v) is 8.57. The Hall–Kier alpha value is -0.870. The van der Waals surface area contributed by atoms with Crippen LogP contribution in [0.4, 0.5) is 0 Å². The molecule has 0 saturated carbocycles. The lowest BCUT2D eigenvalue weighted by atomic mass is 10.2. The lowest BCUT2D eigenvalue weighted by Gasteiger charge is -2.27. The van der Waals surface area contributed by atoms with E-state index in [9.17, 15) is 0 Å². The highest BCUT2D eigenvalue weighted by atomic mass is 16.5. The number of nitrogens with one attached hydrogen (secondary N) is 1. The van der Waals surface area contributed by atoms with Crippen molar-refractivity contribution >= 4 is 0 Å². The van der Waals surface area contributed by atoms with Gasteiger partial charge in [0.25, 0.3) is 0 Å². The molecule has 0 radical (unpaired) electrons. The van der Waals surface area contributed by atoms with Gasteiger partial charge in [-0.1, -0.05) is 6.92 Å². The summed E-state index contributed by atoms with van der Waals surface area (Å²) in [5, 5.41) is 3.18. The minimum Gasteiger partial charge on any atom is -0.369 e. The minimum atomic E-state index is 0.403. The van der Waals surface area contributed by atoms with Gasteiger partial charge < -0.3 is 14.6 Å². The van der Waals surface area contributed by atoms with E-state index in [1.807, 2.05) is 12.5 Å². The fourth-order valence-electron chi connectivity index (χ4n) is 1.49. The van der Waals surface area contributed by atoms with Crippen LogP contribution in [0.25, 0.3) is 0 Å². The summed E-state index contributed by atoms with van der Waals surface area (Å²) in [6.45, 7) is 5.86. The molecule has 14 heavy (non-hydrogen) atoms. The molecule has 78 valence electrons. The molecule has 0 bridgehead atoms. The highest BCUT2D eigenvalue weighted by Crippen LogP contribution is 2.06. The number of ether oxygens (including phenoxy) is 1. The lowest BCUT2D eigenvalue weighted by Crippen LogP contribution is -2.48. The molecule has 0 atom stereocenters. The Morgan fingerprint density at radius 2 is 2.50 bits per heavy atom. The van der Waals surface area contributed by atoms with Crippen molar-refractivity contribution in [3.05, 3.63) is 18.2 Å². The molecule has 0 spiro atoms. The summed E-state index contributed by atoms with van der Waals surface area (Å²) in [6.07, 6.45) is 5.30. The van der Waals surface area contributed by atoms with Gasteiger partial charge in [0.05, 0.1) is 30.9 Å². The zero-order chi connectivity index (χ0) is 9.80. The summed E-state index contributed by atoms with van der Waals surface area (Å²) >= 11 is 0. The Labute approximate surface area is 84.3 Å². The van der Waals surface area contributed by atoms with Gasteiger partial charge in [-0.15, -0.1) is 0 Å². The van der Waals surface area contributed by atoms with Crippen LogP contribution in [0.5, 0.6) is 0 Å². The van der Waals surface area contributed by atoms with Crippen LogP contribution in [0, 0.1) is 0 Å². The van der Waals surface area contributed by atoms with Gasteiger partial charge in [-0.3, -0.25) is 0 Å². The molecule has 1 N–H and O–H groups in total. The first kappa shape index (κ1) is 9.68. The molecule has 1 fully saturated rings. The van der Waals surface area contributed by atoms with E-state index in [1.165, 1.54) is 5.69 Å². The lowest BCUT2D eigenvalue weighted by molar-refractivity contribution is 0.00478. The summed E-state index contributed by atoms with van der Waals surface area (Å²) in [5.41, 5.74) is 1.18. The van der Waals surface area contributed by atoms with Crippen LogP contribution in [0.2, 0.25) is 0 Å². The maximum absolute atomic E-state index is 5.69. The fourth-order valence-corrected chi connectivity index (χ4v) is 1.49. The molecule has 0 amide bonds. The first-order valence-corrected chi connectivity index (χ1v) is 5.21. The van der Waals surface area contributed by atoms with Crippen LogP contribution in [0.3, 0.4) is 0 Å². The third-order valence-corrected chi connectivity index (χ3v) is 2.47. The second kappa shape index (κ2) is 4.57. The summed E-state index contributed by atoms with van der Waals surface area (Å²) in [7, 11) is 0. The van der Waals surface area contributed by atoms with Crippen molar-refractivity contribution in [2.24, 2.45) is 0 Å². The standard InChI is InChI=1S/C10H17N3O/c1-2-3-13-8-12-4-9(13)7-14-10-5-11-6-10/h4,8,10-11H,2-3,5-7H2,1H3. The predicted octanol–water partition coefficient (Wildman–Crippen LogP) is 0.781. The first-order chi connectivity index (χ1) is 6.90. The van der Waals surface area contributed by atoms with Crippen molar-refractivity contribution in [1.29, 1.82) is 0 Å². The Balaban J connectivity index is 1.84. The van der Waals surface area contributed by atoms with E-state index in [1.54, 1.807) is 0 Å². The molecule has 1 aliphatic rings. The average Bonchev–Trinajstić information content (AvgIpc) is 2.51. The van der Waals surface area contributed by atoms with Crippen LogP contribution in [-0.4, -0.2) is 28.7 Å². The van der Waals surface area contributed by atoms with E-state index in [-0.39, 0.29) is 0 Å². The quantitative estimate of drug-likeness (QED) is 0.754. The van der Waals surface area contributed by atoms with Crippen LogP contribution < -0.4 is 5.32 Å². The molecule has 0 aromatic carbocycles. The molecule has 0 aliphatic carbocycles. The van der Waals surface area contributed by atoms with Gasteiger partial charge in [-0.05, 0) is 6.42 Å². The molecule has 1 aromatic rings. The third-order valence-electron chi connectivity index (χ3n) is 2.47. The van der Waals surface area contributed by atoms with Crippen molar-refractivity contribution < 1.29 is 4.74 Å². The monoisotopic (exact) mass is 195 g/mol. The zero-order valence-electron chi connectivity index (χ0n) is 8.57. The molecular weight excluding hydrogens is 178 g/mol. The van der Waals surface area contributed by atoms with E-state index in [2.05, 4.69) is 21.8 Å². The molecule has 1 saturated heterocycles. The third kappa shape index (κ3) is 2.13. The smallest absolute Gasteiger partial charge is 0.0948 e. The predicted molar refractivity (Wildman–Crippen MR) is 54.0 cm³/mol. The van der Waals surface area contributed by atoms with E-state index in [0.717, 1.165) is 26.1 Å². The fraction of sp³-hybridized carbons (Fsp3) is 0.700. The molecule has 1 aliphatic heterocycles. The van der Waals surface area contributed by atoms with Gasteiger partial charge in [0, 0.05) is 19.6 Å². The summed E-state index contributed by atoms with van der Waals surface area (Å²) in [4.78, 5) is 4.13. The molecule has 2 heterocycles. The largest absolute Gasteiger partial charge is 0.369 e. The Morgan fingerprint density at radius 3 is 3.14 bits per heavy atom. The number of aromatic nitrogens is 2. The summed E-state index contributed by atoms with van der Waals surface area (Å²) in [6, 6.07) is 0. The second-order valence-electron chi connectivity index (χ2n) is 3.67. The average molecular weight is 195 g/mol. The Morgan fingerprint density at radius 1 is 1.64 bits per heavy atom. The molecule has 4 nitrogen and oxygen atoms in total. The van der Waals surface area contributed by atoms with Gasteiger partial charge >= 0.3 is 0 Å². The van der Waals surface area contributed by atoms with Crippen molar-refractivity contribution in [1.82, 2.24) is 14.9 Å². The van der Waals surface area contributed by atoms with Crippen molar-refractivity contribution in [3.8, 4) is 0 Å². The van der Waals surface area contributed by atoms with Gasteiger partial charge in [-0.2, -0.15) is 0 Å². The topological polar surface area (TPSA) is 39.1 Å². The SMILES string of the molecule is CCCn1cncc1COC1CNC1. The van der Waals surface area contributed by atoms with Crippen molar-refractivity contribution in [2.45, 2.75) is 32.6 Å². The Bertz CT molecular complexity index is 281. The number of hydrogen-bond donors (Lipinski definition) is 1. The van der Waals surface area contributed by atoms with Crippen LogP contribution >= 0.6 is 0 Å². The molecule has 1 aromatic heterocycles. The van der Waals surface area contributed by atoms with E-state index in [4.69, 9.17) is 4.74 Å². The number of hydrogen-bond acceptors (Lipinski definition) is 3. The maximum Gasteiger partial charge on any atom is 0.0948 e. The number of imidazole rings is 1. The molecular formula is C10H17N3O. The van der Waals surface area contributed by atoms with Crippen molar-refractivity contribution in [3.63, 3.8) is 0 Å². The normalized spacial score (nSPS) is 16.9. The van der Waals surface area contributed by atoms with Crippen molar-refractivity contribution in [2.75, 3.05) is 13.1 Å². The Kier molecular flexibility index (Phi) is 3.16. The van der Waals surface area contributed by atoms with E-state index < -0.39 is 0 Å². The molecule has 0 unspecified atom stereocenters. The van der Waals surface area contributed by atoms with Gasteiger partial charge in [0.2, 0.25) is 0 Å². The molecule has 4 heteroatoms. The highest BCUT2D eigenvalue weighted by Gasteiger charge is 2.17.